The van der Waals surface area contributed by atoms with E-state index in [1.54, 1.807) is 14.2 Å². The summed E-state index contributed by atoms with van der Waals surface area (Å²) in [4.78, 5) is 14.0. The molecule has 1 N–H and O–H groups in total. The van der Waals surface area contributed by atoms with E-state index in [0.29, 0.717) is 13.1 Å². The van der Waals surface area contributed by atoms with E-state index in [-0.39, 0.29) is 5.91 Å². The zero-order valence-corrected chi connectivity index (χ0v) is 13.7. The lowest BCUT2D eigenvalue weighted by Crippen LogP contribution is -2.29. The third-order valence-electron chi connectivity index (χ3n) is 3.42. The molecule has 0 aliphatic carbocycles. The van der Waals surface area contributed by atoms with Gasteiger partial charge in [0, 0.05) is 17.8 Å². The number of hydrogen-bond acceptors (Lipinski definition) is 4. The number of ether oxygens (including phenoxy) is 2. The Balaban J connectivity index is 1.88. The molecule has 0 atom stereocenters. The summed E-state index contributed by atoms with van der Waals surface area (Å²) in [6.07, 6.45) is 0. The highest BCUT2D eigenvalue weighted by molar-refractivity contribution is 5.92. The molecule has 122 valence electrons. The molecule has 1 amide bonds. The summed E-state index contributed by atoms with van der Waals surface area (Å²) in [6.45, 7) is 0.935. The van der Waals surface area contributed by atoms with Gasteiger partial charge in [-0.3, -0.25) is 9.69 Å². The maximum absolute atomic E-state index is 12.1. The second-order valence-corrected chi connectivity index (χ2v) is 5.26. The summed E-state index contributed by atoms with van der Waals surface area (Å²) < 4.78 is 10.4. The monoisotopic (exact) mass is 314 g/mol. The van der Waals surface area contributed by atoms with E-state index in [1.807, 2.05) is 60.5 Å². The van der Waals surface area contributed by atoms with E-state index in [4.69, 9.17) is 9.47 Å². The lowest BCUT2D eigenvalue weighted by molar-refractivity contribution is -0.117. The number of nitrogens with zero attached hydrogens (tertiary/aromatic N) is 1. The Morgan fingerprint density at radius 2 is 1.74 bits per heavy atom. The second kappa shape index (κ2) is 8.19. The van der Waals surface area contributed by atoms with Gasteiger partial charge >= 0.3 is 0 Å². The van der Waals surface area contributed by atoms with E-state index < -0.39 is 0 Å². The lowest BCUT2D eigenvalue weighted by Gasteiger charge is -2.18. The van der Waals surface area contributed by atoms with Crippen LogP contribution in [0.25, 0.3) is 0 Å². The summed E-state index contributed by atoms with van der Waals surface area (Å²) in [7, 11) is 5.16. The van der Waals surface area contributed by atoms with Crippen LogP contribution < -0.4 is 14.8 Å². The third-order valence-corrected chi connectivity index (χ3v) is 3.42. The van der Waals surface area contributed by atoms with E-state index in [2.05, 4.69) is 5.32 Å². The van der Waals surface area contributed by atoms with Crippen LogP contribution >= 0.6 is 0 Å². The Kier molecular flexibility index (Phi) is 6.00. The van der Waals surface area contributed by atoms with Crippen LogP contribution in [0.3, 0.4) is 0 Å². The summed E-state index contributed by atoms with van der Waals surface area (Å²) in [5, 5.41) is 2.87. The molecule has 0 aliphatic heterocycles. The fourth-order valence-corrected chi connectivity index (χ4v) is 2.30. The predicted octanol–water partition coefficient (Wildman–Crippen LogP) is 2.77. The quantitative estimate of drug-likeness (QED) is 0.854. The molecule has 23 heavy (non-hydrogen) atoms. The van der Waals surface area contributed by atoms with Crippen LogP contribution in [-0.4, -0.2) is 38.6 Å². The molecule has 5 heteroatoms. The molecule has 0 radical (unpaired) electrons. The van der Waals surface area contributed by atoms with Gasteiger partial charge in [0.25, 0.3) is 0 Å². The smallest absolute Gasteiger partial charge is 0.238 e. The number of hydrogen-bond donors (Lipinski definition) is 1. The molecule has 0 aliphatic rings. The van der Waals surface area contributed by atoms with Crippen LogP contribution in [0.15, 0.2) is 48.5 Å². The van der Waals surface area contributed by atoms with Crippen LogP contribution in [0.1, 0.15) is 5.56 Å². The second-order valence-electron chi connectivity index (χ2n) is 5.26. The van der Waals surface area contributed by atoms with Crippen LogP contribution in [0, 0.1) is 0 Å². The molecular weight excluding hydrogens is 292 g/mol. The summed E-state index contributed by atoms with van der Waals surface area (Å²) in [6, 6.07) is 15.1. The van der Waals surface area contributed by atoms with Gasteiger partial charge in [0.1, 0.15) is 11.5 Å². The minimum atomic E-state index is -0.0624. The Morgan fingerprint density at radius 3 is 2.39 bits per heavy atom. The molecule has 2 aromatic rings. The third kappa shape index (κ3) is 5.00. The Morgan fingerprint density at radius 1 is 1.04 bits per heavy atom. The maximum Gasteiger partial charge on any atom is 0.238 e. The maximum atomic E-state index is 12.1. The molecule has 2 aromatic carbocycles. The molecule has 0 spiro atoms. The van der Waals surface area contributed by atoms with E-state index in [1.165, 1.54) is 0 Å². The first-order chi connectivity index (χ1) is 11.1. The molecule has 0 saturated carbocycles. The molecule has 2 rings (SSSR count). The van der Waals surface area contributed by atoms with Crippen molar-refractivity contribution in [1.29, 1.82) is 0 Å². The minimum absolute atomic E-state index is 0.0624. The molecule has 0 fully saturated rings. The van der Waals surface area contributed by atoms with Gasteiger partial charge < -0.3 is 14.8 Å². The fourth-order valence-electron chi connectivity index (χ4n) is 2.30. The van der Waals surface area contributed by atoms with Crippen LogP contribution in [0.4, 0.5) is 5.69 Å². The Bertz CT molecular complexity index is 641. The molecule has 0 saturated heterocycles. The van der Waals surface area contributed by atoms with Crippen molar-refractivity contribution in [3.05, 3.63) is 54.1 Å². The fraction of sp³-hybridized carbons (Fsp3) is 0.278. The summed E-state index contributed by atoms with van der Waals surface area (Å²) in [5.74, 6) is 1.53. The molecule has 5 nitrogen and oxygen atoms in total. The first kappa shape index (κ1) is 16.8. The number of methoxy groups -OCH3 is 2. The average Bonchev–Trinajstić information content (AvgIpc) is 2.55. The SMILES string of the molecule is COc1ccc(NC(=O)CN(C)Cc2ccccc2OC)cc1. The average molecular weight is 314 g/mol. The van der Waals surface area contributed by atoms with E-state index >= 15 is 0 Å². The zero-order valence-electron chi connectivity index (χ0n) is 13.7. The number of anilines is 1. The highest BCUT2D eigenvalue weighted by atomic mass is 16.5. The largest absolute Gasteiger partial charge is 0.497 e. The van der Waals surface area contributed by atoms with Crippen molar-refractivity contribution >= 4 is 11.6 Å². The number of carbonyl (C=O) groups is 1. The van der Waals surface area contributed by atoms with Crippen molar-refractivity contribution in [2.75, 3.05) is 33.1 Å². The van der Waals surface area contributed by atoms with Crippen LogP contribution in [0.2, 0.25) is 0 Å². The number of amides is 1. The van der Waals surface area contributed by atoms with Gasteiger partial charge in [-0.25, -0.2) is 0 Å². The van der Waals surface area contributed by atoms with Crippen molar-refractivity contribution < 1.29 is 14.3 Å². The number of benzene rings is 2. The van der Waals surface area contributed by atoms with E-state index in [9.17, 15) is 4.79 Å². The summed E-state index contributed by atoms with van der Waals surface area (Å²) in [5.41, 5.74) is 1.80. The first-order valence-corrected chi connectivity index (χ1v) is 7.36. The minimum Gasteiger partial charge on any atom is -0.497 e. The van der Waals surface area contributed by atoms with E-state index in [0.717, 1.165) is 22.7 Å². The number of likely N-dealkylation sites (N-methyl/N-ethyl adjacent to an activating group) is 1. The summed E-state index contributed by atoms with van der Waals surface area (Å²) >= 11 is 0. The number of carbonyl (C=O) groups excluding carboxylic acids is 1. The topological polar surface area (TPSA) is 50.8 Å². The van der Waals surface area contributed by atoms with Gasteiger partial charge in [0.05, 0.1) is 20.8 Å². The first-order valence-electron chi connectivity index (χ1n) is 7.36. The van der Waals surface area contributed by atoms with Crippen molar-refractivity contribution in [3.63, 3.8) is 0 Å². The lowest BCUT2D eigenvalue weighted by atomic mass is 10.2. The molecule has 0 heterocycles. The highest BCUT2D eigenvalue weighted by Gasteiger charge is 2.10. The zero-order chi connectivity index (χ0) is 16.7. The molecule has 0 bridgehead atoms. The number of rotatable bonds is 7. The number of nitrogens with one attached hydrogen (secondary N) is 1. The predicted molar refractivity (Wildman–Crippen MR) is 91.0 cm³/mol. The Hall–Kier alpha value is -2.53. The van der Waals surface area contributed by atoms with Crippen molar-refractivity contribution in [3.8, 4) is 11.5 Å². The molecular formula is C18H22N2O3. The van der Waals surface area contributed by atoms with Gasteiger partial charge in [-0.2, -0.15) is 0 Å². The van der Waals surface area contributed by atoms with Gasteiger partial charge in [0.15, 0.2) is 0 Å². The van der Waals surface area contributed by atoms with Gasteiger partial charge in [-0.05, 0) is 37.4 Å². The van der Waals surface area contributed by atoms with Gasteiger partial charge in [-0.1, -0.05) is 18.2 Å². The normalized spacial score (nSPS) is 10.4. The standard InChI is InChI=1S/C18H22N2O3/c1-20(12-14-6-4-5-7-17(14)23-3)13-18(21)19-15-8-10-16(22-2)11-9-15/h4-11H,12-13H2,1-3H3,(H,19,21). The van der Waals surface area contributed by atoms with Crippen molar-refractivity contribution in [2.24, 2.45) is 0 Å². The van der Waals surface area contributed by atoms with Gasteiger partial charge in [0.2, 0.25) is 5.91 Å². The van der Waals surface area contributed by atoms with Crippen molar-refractivity contribution in [2.45, 2.75) is 6.54 Å². The highest BCUT2D eigenvalue weighted by Crippen LogP contribution is 2.19. The van der Waals surface area contributed by atoms with Gasteiger partial charge in [-0.15, -0.1) is 0 Å². The Labute approximate surface area is 136 Å². The number of para-hydroxylation sites is 1. The van der Waals surface area contributed by atoms with Crippen LogP contribution in [-0.2, 0) is 11.3 Å². The van der Waals surface area contributed by atoms with Crippen molar-refractivity contribution in [1.82, 2.24) is 4.90 Å². The molecule has 0 aromatic heterocycles. The molecule has 0 unspecified atom stereocenters. The van der Waals surface area contributed by atoms with Crippen LogP contribution in [0.5, 0.6) is 11.5 Å².